The van der Waals surface area contributed by atoms with Crippen LogP contribution >= 0.6 is 0 Å². The molecule has 0 aliphatic heterocycles. The fraction of sp³-hybridized carbons (Fsp3) is 0.353. The molecule has 2 aromatic rings. The summed E-state index contributed by atoms with van der Waals surface area (Å²) in [5, 5.41) is 14.9. The van der Waals surface area contributed by atoms with Crippen molar-refractivity contribution in [2.45, 2.75) is 17.7 Å². The number of carbonyl (C=O) groups excluding carboxylic acids is 2. The molecule has 1 aliphatic carbocycles. The standard InChI is InChI=1S/C17H21N7O3S/c1-18-17(26)14-11(9-13(23-24-14)22-16(25)10-6-7-10)21-15-12(5-4-8-20-15)28(3,27)19-2/h4-5,8-10H,6-7H2,1-3H3,(H,18,26)(H2,20,21,22,23,25)/i1D3. The summed E-state index contributed by atoms with van der Waals surface area (Å²) in [6.07, 6.45) is 4.45. The summed E-state index contributed by atoms with van der Waals surface area (Å²) >= 11 is 0. The van der Waals surface area contributed by atoms with Gasteiger partial charge >= 0.3 is 0 Å². The molecule has 2 aromatic heterocycles. The van der Waals surface area contributed by atoms with E-state index >= 15 is 0 Å². The van der Waals surface area contributed by atoms with E-state index in [1.807, 2.05) is 5.32 Å². The van der Waals surface area contributed by atoms with Gasteiger partial charge in [-0.1, -0.05) is 0 Å². The molecule has 2 amide bonds. The van der Waals surface area contributed by atoms with E-state index in [0.29, 0.717) is 0 Å². The molecule has 3 N–H and O–H groups in total. The van der Waals surface area contributed by atoms with E-state index in [2.05, 4.69) is 30.2 Å². The van der Waals surface area contributed by atoms with E-state index < -0.39 is 22.6 Å². The van der Waals surface area contributed by atoms with Crippen molar-refractivity contribution in [2.24, 2.45) is 10.3 Å². The van der Waals surface area contributed by atoms with Crippen LogP contribution in [-0.2, 0) is 14.5 Å². The number of carbonyl (C=O) groups is 2. The minimum atomic E-state index is -2.79. The normalized spacial score (nSPS) is 17.3. The van der Waals surface area contributed by atoms with Gasteiger partial charge in [-0.25, -0.2) is 13.6 Å². The Hall–Kier alpha value is -3.08. The molecule has 0 radical (unpaired) electrons. The topological polar surface area (TPSA) is 138 Å². The second kappa shape index (κ2) is 7.89. The van der Waals surface area contributed by atoms with E-state index in [1.165, 1.54) is 25.6 Å². The number of nitrogens with one attached hydrogen (secondary N) is 3. The van der Waals surface area contributed by atoms with Gasteiger partial charge in [0.05, 0.1) is 20.3 Å². The fourth-order valence-corrected chi connectivity index (χ4v) is 3.35. The van der Waals surface area contributed by atoms with E-state index in [0.717, 1.165) is 12.8 Å². The molecule has 3 rings (SSSR count). The van der Waals surface area contributed by atoms with Gasteiger partial charge in [0.25, 0.3) is 5.91 Å². The maximum Gasteiger partial charge on any atom is 0.273 e. The molecular formula is C17H21N7O3S. The summed E-state index contributed by atoms with van der Waals surface area (Å²) in [6, 6.07) is 4.49. The third-order valence-corrected chi connectivity index (χ3v) is 5.94. The molecule has 1 saturated carbocycles. The Morgan fingerprint density at radius 1 is 1.36 bits per heavy atom. The van der Waals surface area contributed by atoms with E-state index in [-0.39, 0.29) is 39.7 Å². The third kappa shape index (κ3) is 4.25. The summed E-state index contributed by atoms with van der Waals surface area (Å²) < 4.78 is 38.4. The molecule has 2 heterocycles. The largest absolute Gasteiger partial charge is 0.354 e. The van der Waals surface area contributed by atoms with E-state index in [1.54, 1.807) is 12.1 Å². The molecule has 0 bridgehead atoms. The number of pyridine rings is 1. The van der Waals surface area contributed by atoms with Crippen LogP contribution < -0.4 is 16.0 Å². The molecule has 11 heteroatoms. The number of hydrogen-bond donors (Lipinski definition) is 3. The number of rotatable bonds is 6. The zero-order valence-electron chi connectivity index (χ0n) is 18.2. The molecular weight excluding hydrogens is 382 g/mol. The van der Waals surface area contributed by atoms with Crippen LogP contribution in [0.3, 0.4) is 0 Å². The van der Waals surface area contributed by atoms with Crippen molar-refractivity contribution in [1.29, 1.82) is 0 Å². The van der Waals surface area contributed by atoms with Gasteiger partial charge in [0, 0.05) is 42.6 Å². The highest BCUT2D eigenvalue weighted by Crippen LogP contribution is 2.31. The molecule has 1 atom stereocenters. The summed E-state index contributed by atoms with van der Waals surface area (Å²) in [7, 11) is -1.38. The van der Waals surface area contributed by atoms with Crippen LogP contribution in [0, 0.1) is 5.92 Å². The lowest BCUT2D eigenvalue weighted by Gasteiger charge is -2.14. The van der Waals surface area contributed by atoms with Gasteiger partial charge in [0.15, 0.2) is 11.5 Å². The highest BCUT2D eigenvalue weighted by Gasteiger charge is 2.30. The molecule has 148 valence electrons. The lowest BCUT2D eigenvalue weighted by Crippen LogP contribution is -2.22. The smallest absolute Gasteiger partial charge is 0.273 e. The molecule has 0 aromatic carbocycles. The van der Waals surface area contributed by atoms with Gasteiger partial charge in [-0.05, 0) is 25.0 Å². The van der Waals surface area contributed by atoms with E-state index in [4.69, 9.17) is 4.11 Å². The van der Waals surface area contributed by atoms with Gasteiger partial charge in [-0.15, -0.1) is 10.2 Å². The van der Waals surface area contributed by atoms with Crippen LogP contribution in [0.1, 0.15) is 27.4 Å². The van der Waals surface area contributed by atoms with Crippen molar-refractivity contribution in [3.63, 3.8) is 0 Å². The van der Waals surface area contributed by atoms with Gasteiger partial charge in [-0.2, -0.15) is 0 Å². The molecule has 28 heavy (non-hydrogen) atoms. The van der Waals surface area contributed by atoms with Gasteiger partial charge in [0.2, 0.25) is 5.91 Å². The van der Waals surface area contributed by atoms with Crippen LogP contribution in [0.4, 0.5) is 17.3 Å². The minimum Gasteiger partial charge on any atom is -0.354 e. The predicted molar refractivity (Wildman–Crippen MR) is 105 cm³/mol. The highest BCUT2D eigenvalue weighted by molar-refractivity contribution is 7.93. The number of anilines is 3. The summed E-state index contributed by atoms with van der Waals surface area (Å²) in [5.74, 6) is -1.12. The second-order valence-electron chi connectivity index (χ2n) is 6.17. The van der Waals surface area contributed by atoms with Crippen LogP contribution in [0.5, 0.6) is 0 Å². The Balaban J connectivity index is 2.02. The van der Waals surface area contributed by atoms with E-state index in [9.17, 15) is 13.8 Å². The van der Waals surface area contributed by atoms with Crippen LogP contribution in [0.25, 0.3) is 0 Å². The Kier molecular flexibility index (Phi) is 4.49. The minimum absolute atomic E-state index is 0.0223. The van der Waals surface area contributed by atoms with Crippen molar-refractivity contribution in [3.05, 3.63) is 30.1 Å². The average molecular weight is 406 g/mol. The Morgan fingerprint density at radius 2 is 2.14 bits per heavy atom. The van der Waals surface area contributed by atoms with Crippen molar-refractivity contribution < 1.29 is 17.9 Å². The Morgan fingerprint density at radius 3 is 2.82 bits per heavy atom. The summed E-state index contributed by atoms with van der Waals surface area (Å²) in [5.41, 5.74) is -0.317. The monoisotopic (exact) mass is 406 g/mol. The summed E-state index contributed by atoms with van der Waals surface area (Å²) in [6.45, 7) is -2.75. The summed E-state index contributed by atoms with van der Waals surface area (Å²) in [4.78, 5) is 29.0. The van der Waals surface area contributed by atoms with Gasteiger partial charge in [0.1, 0.15) is 5.82 Å². The highest BCUT2D eigenvalue weighted by atomic mass is 32.2. The lowest BCUT2D eigenvalue weighted by atomic mass is 10.2. The van der Waals surface area contributed by atoms with Gasteiger partial charge < -0.3 is 16.0 Å². The molecule has 1 fully saturated rings. The quantitative estimate of drug-likeness (QED) is 0.659. The maximum absolute atomic E-state index is 12.8. The Bertz CT molecular complexity index is 1140. The zero-order chi connectivity index (χ0) is 22.8. The molecule has 0 spiro atoms. The van der Waals surface area contributed by atoms with Crippen LogP contribution in [0.2, 0.25) is 0 Å². The number of hydrogen-bond acceptors (Lipinski definition) is 8. The second-order valence-corrected chi connectivity index (χ2v) is 8.58. The molecule has 1 aliphatic rings. The number of aromatic nitrogens is 3. The molecule has 1 unspecified atom stereocenters. The third-order valence-electron chi connectivity index (χ3n) is 4.10. The number of nitrogens with zero attached hydrogens (tertiary/aromatic N) is 4. The first-order valence-corrected chi connectivity index (χ1v) is 10.3. The average Bonchev–Trinajstić information content (AvgIpc) is 3.52. The first-order valence-electron chi connectivity index (χ1n) is 9.83. The molecule has 0 saturated heterocycles. The van der Waals surface area contributed by atoms with Crippen molar-refractivity contribution >= 4 is 38.9 Å². The zero-order valence-corrected chi connectivity index (χ0v) is 16.0. The maximum atomic E-state index is 12.8. The van der Waals surface area contributed by atoms with Crippen LogP contribution in [-0.4, -0.2) is 51.5 Å². The van der Waals surface area contributed by atoms with Gasteiger partial charge in [-0.3, -0.25) is 9.59 Å². The van der Waals surface area contributed by atoms with Crippen molar-refractivity contribution in [2.75, 3.05) is 30.9 Å². The van der Waals surface area contributed by atoms with Crippen LogP contribution in [0.15, 0.2) is 33.7 Å². The predicted octanol–water partition coefficient (Wildman–Crippen LogP) is 1.41. The number of amides is 2. The first kappa shape index (κ1) is 15.9. The first-order chi connectivity index (χ1) is 14.5. The van der Waals surface area contributed by atoms with Crippen molar-refractivity contribution in [3.8, 4) is 0 Å². The Labute approximate surface area is 166 Å². The fourth-order valence-electron chi connectivity index (χ4n) is 2.36. The molecule has 10 nitrogen and oxygen atoms in total. The van der Waals surface area contributed by atoms with Crippen molar-refractivity contribution in [1.82, 2.24) is 20.5 Å². The lowest BCUT2D eigenvalue weighted by molar-refractivity contribution is -0.117. The SMILES string of the molecule is [2H]C([2H])([2H])NC(=O)c1nnc(NC(=O)C2CC2)cc1Nc1ncccc1S(C)(=O)=NC.